The van der Waals surface area contributed by atoms with E-state index in [1.54, 1.807) is 31.2 Å². The largest absolute Gasteiger partial charge is 0.493 e. The summed E-state index contributed by atoms with van der Waals surface area (Å²) in [4.78, 5) is 30.1. The highest BCUT2D eigenvalue weighted by Gasteiger charge is 2.31. The van der Waals surface area contributed by atoms with Crippen LogP contribution in [-0.4, -0.2) is 46.5 Å². The second-order valence-corrected chi connectivity index (χ2v) is 10.5. The number of guanidine groups is 1. The van der Waals surface area contributed by atoms with Crippen molar-refractivity contribution in [2.24, 2.45) is 21.8 Å². The molecule has 0 spiro atoms. The lowest BCUT2D eigenvalue weighted by Gasteiger charge is -2.21. The lowest BCUT2D eigenvalue weighted by atomic mass is 9.97. The van der Waals surface area contributed by atoms with Crippen LogP contribution in [0.3, 0.4) is 0 Å². The Morgan fingerprint density at radius 1 is 1.08 bits per heavy atom. The van der Waals surface area contributed by atoms with Crippen molar-refractivity contribution >= 4 is 33.5 Å². The number of sulfonamides is 1. The first kappa shape index (κ1) is 27.9. The molecule has 200 valence electrons. The van der Waals surface area contributed by atoms with Crippen molar-refractivity contribution in [2.75, 3.05) is 19.5 Å². The number of methoxy groups -OCH3 is 2. The van der Waals surface area contributed by atoms with Crippen LogP contribution in [0.1, 0.15) is 36.8 Å². The van der Waals surface area contributed by atoms with Crippen molar-refractivity contribution in [1.29, 1.82) is 0 Å². The number of aliphatic imine (C=N–C) groups is 1. The third-order valence-corrected chi connectivity index (χ3v) is 7.18. The quantitative estimate of drug-likeness (QED) is 0.282. The monoisotopic (exact) mass is 531 g/mol. The molecule has 0 aromatic heterocycles. The van der Waals surface area contributed by atoms with E-state index in [0.717, 1.165) is 25.7 Å². The standard InChI is InChI=1S/C25H33N5O6S/c1-15-8-10-18(37(27,33)34)14-19(15)28-24(32)23(17-6-4-5-7-17)30-25(26)29-22(31)13-16-9-11-20(35-2)21(12-16)36-3/h8-12,14,17,23H,4-7,13H2,1-3H3,(H,28,32)(H2,27,33,34)(H3,26,29,30,31)/t23-/m0/s1. The fourth-order valence-corrected chi connectivity index (χ4v) is 4.86. The highest BCUT2D eigenvalue weighted by Crippen LogP contribution is 2.31. The van der Waals surface area contributed by atoms with E-state index in [9.17, 15) is 18.0 Å². The first-order valence-corrected chi connectivity index (χ1v) is 13.3. The fraction of sp³-hybridized carbons (Fsp3) is 0.400. The normalized spacial score (nSPS) is 15.2. The van der Waals surface area contributed by atoms with Gasteiger partial charge in [-0.2, -0.15) is 0 Å². The third kappa shape index (κ3) is 7.43. The maximum absolute atomic E-state index is 13.3. The van der Waals surface area contributed by atoms with Crippen LogP contribution in [0.4, 0.5) is 5.69 Å². The first-order chi connectivity index (χ1) is 17.5. The molecule has 1 saturated carbocycles. The zero-order chi connectivity index (χ0) is 27.2. The molecule has 0 aliphatic heterocycles. The lowest BCUT2D eigenvalue weighted by Crippen LogP contribution is -2.41. The van der Waals surface area contributed by atoms with Gasteiger partial charge in [-0.05, 0) is 61.1 Å². The molecular weight excluding hydrogens is 498 g/mol. The van der Waals surface area contributed by atoms with Gasteiger partial charge in [-0.25, -0.2) is 18.5 Å². The maximum atomic E-state index is 13.3. The molecule has 0 bridgehead atoms. The number of ether oxygens (including phenoxy) is 2. The average molecular weight is 532 g/mol. The summed E-state index contributed by atoms with van der Waals surface area (Å²) in [6.07, 6.45) is 3.48. The molecule has 2 aromatic carbocycles. The van der Waals surface area contributed by atoms with Gasteiger partial charge in [-0.1, -0.05) is 25.0 Å². The Morgan fingerprint density at radius 3 is 2.38 bits per heavy atom. The zero-order valence-corrected chi connectivity index (χ0v) is 21.9. The number of nitrogens with one attached hydrogen (secondary N) is 2. The van der Waals surface area contributed by atoms with Crippen LogP contribution < -0.4 is 31.0 Å². The summed E-state index contributed by atoms with van der Waals surface area (Å²) in [5, 5.41) is 10.5. The van der Waals surface area contributed by atoms with Crippen LogP contribution in [0.2, 0.25) is 0 Å². The van der Waals surface area contributed by atoms with Crippen LogP contribution in [0.15, 0.2) is 46.3 Å². The topological polar surface area (TPSA) is 175 Å². The summed E-state index contributed by atoms with van der Waals surface area (Å²) in [5.41, 5.74) is 7.69. The van der Waals surface area contributed by atoms with Crippen molar-refractivity contribution in [3.05, 3.63) is 47.5 Å². The van der Waals surface area contributed by atoms with Gasteiger partial charge >= 0.3 is 0 Å². The van der Waals surface area contributed by atoms with Gasteiger partial charge < -0.3 is 20.5 Å². The lowest BCUT2D eigenvalue weighted by molar-refractivity contribution is -0.120. The predicted octanol–water partition coefficient (Wildman–Crippen LogP) is 1.83. The molecule has 1 aliphatic rings. The minimum absolute atomic E-state index is 0.0103. The number of nitrogens with two attached hydrogens (primary N) is 2. The highest BCUT2D eigenvalue weighted by atomic mass is 32.2. The van der Waals surface area contributed by atoms with E-state index in [-0.39, 0.29) is 23.2 Å². The number of aryl methyl sites for hydroxylation is 1. The molecule has 0 radical (unpaired) electrons. The molecule has 2 amide bonds. The van der Waals surface area contributed by atoms with Gasteiger partial charge in [0, 0.05) is 5.69 Å². The molecule has 2 aromatic rings. The van der Waals surface area contributed by atoms with Crippen molar-refractivity contribution < 1.29 is 27.5 Å². The summed E-state index contributed by atoms with van der Waals surface area (Å²) in [7, 11) is -0.910. The SMILES string of the molecule is COc1ccc(CC(=O)NC(N)=N[C@H](C(=O)Nc2cc(S(N)(=O)=O)ccc2C)C2CCCC2)cc1OC. The summed E-state index contributed by atoms with van der Waals surface area (Å²) < 4.78 is 34.0. The number of carbonyl (C=O) groups is 2. The Balaban J connectivity index is 1.76. The summed E-state index contributed by atoms with van der Waals surface area (Å²) in [6.45, 7) is 1.74. The van der Waals surface area contributed by atoms with Crippen LogP contribution in [0.25, 0.3) is 0 Å². The Kier molecular flexibility index (Phi) is 9.11. The minimum atomic E-state index is -3.94. The Hall–Kier alpha value is -3.64. The molecule has 0 saturated heterocycles. The fourth-order valence-electron chi connectivity index (χ4n) is 4.32. The molecule has 1 aliphatic carbocycles. The van der Waals surface area contributed by atoms with Crippen LogP contribution in [0.5, 0.6) is 11.5 Å². The molecule has 0 heterocycles. The van der Waals surface area contributed by atoms with E-state index >= 15 is 0 Å². The molecule has 0 unspecified atom stereocenters. The van der Waals surface area contributed by atoms with Gasteiger partial charge in [0.15, 0.2) is 17.5 Å². The van der Waals surface area contributed by atoms with Crippen molar-refractivity contribution in [2.45, 2.75) is 50.0 Å². The molecular formula is C25H33N5O6S. The predicted molar refractivity (Wildman–Crippen MR) is 140 cm³/mol. The summed E-state index contributed by atoms with van der Waals surface area (Å²) in [5.74, 6) is -0.0535. The first-order valence-electron chi connectivity index (χ1n) is 11.8. The van der Waals surface area contributed by atoms with Gasteiger partial charge in [0.1, 0.15) is 6.04 Å². The number of amides is 2. The number of rotatable bonds is 9. The Labute approximate surface area is 216 Å². The van der Waals surface area contributed by atoms with E-state index in [1.165, 1.54) is 26.4 Å². The summed E-state index contributed by atoms with van der Waals surface area (Å²) >= 11 is 0. The second-order valence-electron chi connectivity index (χ2n) is 8.93. The van der Waals surface area contributed by atoms with E-state index in [4.69, 9.17) is 20.3 Å². The molecule has 11 nitrogen and oxygen atoms in total. The van der Waals surface area contributed by atoms with E-state index < -0.39 is 27.9 Å². The third-order valence-electron chi connectivity index (χ3n) is 6.27. The molecule has 6 N–H and O–H groups in total. The smallest absolute Gasteiger partial charge is 0.249 e. The molecule has 12 heteroatoms. The number of anilines is 1. The second kappa shape index (κ2) is 12.1. The van der Waals surface area contributed by atoms with Gasteiger partial charge in [0.05, 0.1) is 25.5 Å². The minimum Gasteiger partial charge on any atom is -0.493 e. The number of primary sulfonamides is 1. The van der Waals surface area contributed by atoms with Crippen molar-refractivity contribution in [1.82, 2.24) is 5.32 Å². The highest BCUT2D eigenvalue weighted by molar-refractivity contribution is 7.89. The number of carbonyl (C=O) groups excluding carboxylic acids is 2. The van der Waals surface area contributed by atoms with Gasteiger partial charge in [-0.15, -0.1) is 0 Å². The van der Waals surface area contributed by atoms with Crippen LogP contribution in [0, 0.1) is 12.8 Å². The molecule has 1 fully saturated rings. The van der Waals surface area contributed by atoms with Gasteiger partial charge in [0.25, 0.3) is 0 Å². The van der Waals surface area contributed by atoms with Crippen molar-refractivity contribution in [3.63, 3.8) is 0 Å². The van der Waals surface area contributed by atoms with Crippen molar-refractivity contribution in [3.8, 4) is 11.5 Å². The molecule has 37 heavy (non-hydrogen) atoms. The molecule has 3 rings (SSSR count). The van der Waals surface area contributed by atoms with Gasteiger partial charge in [0.2, 0.25) is 21.8 Å². The Bertz CT molecular complexity index is 1290. The van der Waals surface area contributed by atoms with E-state index in [0.29, 0.717) is 28.3 Å². The van der Waals surface area contributed by atoms with E-state index in [1.807, 2.05) is 0 Å². The average Bonchev–Trinajstić information content (AvgIpc) is 3.37. The maximum Gasteiger partial charge on any atom is 0.249 e. The zero-order valence-electron chi connectivity index (χ0n) is 21.1. The number of hydrogen-bond acceptors (Lipinski definition) is 7. The summed E-state index contributed by atoms with van der Waals surface area (Å²) in [6, 6.07) is 8.52. The Morgan fingerprint density at radius 2 is 1.76 bits per heavy atom. The van der Waals surface area contributed by atoms with E-state index in [2.05, 4.69) is 15.6 Å². The van der Waals surface area contributed by atoms with Gasteiger partial charge in [-0.3, -0.25) is 14.9 Å². The molecule has 1 atom stereocenters. The number of nitrogens with zero attached hydrogens (tertiary/aromatic N) is 1. The number of benzene rings is 2. The number of hydrogen-bond donors (Lipinski definition) is 4. The van der Waals surface area contributed by atoms with Crippen LogP contribution >= 0.6 is 0 Å². The van der Waals surface area contributed by atoms with Crippen LogP contribution in [-0.2, 0) is 26.0 Å².